The summed E-state index contributed by atoms with van der Waals surface area (Å²) < 4.78 is 50.7. The normalized spacial score (nSPS) is 26.3. The standard InChI is InChI=1S/C37H51FN4O6S/c1-47-35(44)39-34-8-3-7-33(34)37(25-40-15-4-16-40,28-5-2-6-29(38)19-28)27-13-17-41(18-14-27)22-36(26-43)23-42(24-36)30-9-11-31(12-10-30)49(45,46)32-20-48-21-32/h2,5-6,9-12,19,27,32-34,43H,3-4,7-8,13-18,20-26H2,1H3,(H,39,44)/t33-,34-,37-/m0/s1. The third-order valence-electron chi connectivity index (χ3n) is 12.3. The molecule has 4 aliphatic heterocycles. The van der Waals surface area contributed by atoms with Crippen LogP contribution >= 0.6 is 0 Å². The molecule has 49 heavy (non-hydrogen) atoms. The number of nitrogens with one attached hydrogen (secondary N) is 1. The monoisotopic (exact) mass is 698 g/mol. The van der Waals surface area contributed by atoms with E-state index < -0.39 is 21.2 Å². The highest BCUT2D eigenvalue weighted by molar-refractivity contribution is 7.92. The molecule has 0 bridgehead atoms. The van der Waals surface area contributed by atoms with Gasteiger partial charge in [-0.1, -0.05) is 18.6 Å². The maximum absolute atomic E-state index is 15.0. The third kappa shape index (κ3) is 6.71. The molecule has 7 rings (SSSR count). The molecule has 0 unspecified atom stereocenters. The number of anilines is 1. The van der Waals surface area contributed by atoms with Gasteiger partial charge in [-0.15, -0.1) is 0 Å². The minimum atomic E-state index is -3.37. The van der Waals surface area contributed by atoms with Gasteiger partial charge in [0.25, 0.3) is 0 Å². The number of rotatable bonds is 12. The van der Waals surface area contributed by atoms with Gasteiger partial charge in [0, 0.05) is 48.7 Å². The number of sulfone groups is 1. The van der Waals surface area contributed by atoms with Crippen molar-refractivity contribution in [1.82, 2.24) is 15.1 Å². The number of methoxy groups -OCH3 is 1. The van der Waals surface area contributed by atoms with E-state index in [1.807, 2.05) is 18.2 Å². The van der Waals surface area contributed by atoms with E-state index in [-0.39, 0.29) is 48.4 Å². The predicted molar refractivity (Wildman–Crippen MR) is 185 cm³/mol. The maximum atomic E-state index is 15.0. The maximum Gasteiger partial charge on any atom is 0.407 e. The lowest BCUT2D eigenvalue weighted by molar-refractivity contribution is 0.00194. The number of ether oxygens (including phenoxy) is 2. The van der Waals surface area contributed by atoms with Crippen LogP contribution in [0.25, 0.3) is 0 Å². The fourth-order valence-corrected chi connectivity index (χ4v) is 10.9. The molecule has 2 N–H and O–H groups in total. The van der Waals surface area contributed by atoms with Crippen molar-refractivity contribution in [3.63, 3.8) is 0 Å². The van der Waals surface area contributed by atoms with Gasteiger partial charge in [-0.25, -0.2) is 17.6 Å². The molecule has 12 heteroatoms. The number of alkyl carbamates (subject to hydrolysis) is 1. The fourth-order valence-electron chi connectivity index (χ4n) is 9.45. The highest BCUT2D eigenvalue weighted by atomic mass is 32.2. The smallest absolute Gasteiger partial charge is 0.407 e. The summed E-state index contributed by atoms with van der Waals surface area (Å²) in [5.74, 6) is 0.250. The third-order valence-corrected chi connectivity index (χ3v) is 14.4. The minimum absolute atomic E-state index is 0.0324. The Balaban J connectivity index is 1.05. The van der Waals surface area contributed by atoms with Crippen LogP contribution in [-0.2, 0) is 24.7 Å². The molecular formula is C37H51FN4O6S. The second-order valence-electron chi connectivity index (χ2n) is 15.2. The predicted octanol–water partition coefficient (Wildman–Crippen LogP) is 3.68. The molecule has 5 fully saturated rings. The van der Waals surface area contributed by atoms with E-state index >= 15 is 0 Å². The number of likely N-dealkylation sites (tertiary alicyclic amines) is 2. The van der Waals surface area contributed by atoms with Gasteiger partial charge in [0.05, 0.1) is 31.8 Å². The molecule has 0 radical (unpaired) electrons. The number of aliphatic hydroxyl groups is 1. The highest BCUT2D eigenvalue weighted by Gasteiger charge is 2.53. The zero-order chi connectivity index (χ0) is 34.2. The molecule has 268 valence electrons. The first-order valence-corrected chi connectivity index (χ1v) is 19.5. The van der Waals surface area contributed by atoms with E-state index in [1.54, 1.807) is 18.2 Å². The summed E-state index contributed by atoms with van der Waals surface area (Å²) in [5.41, 5.74) is 1.44. The zero-order valence-electron chi connectivity index (χ0n) is 28.6. The average Bonchev–Trinajstić information content (AvgIpc) is 3.50. The Morgan fingerprint density at radius 1 is 1.02 bits per heavy atom. The lowest BCUT2D eigenvalue weighted by atomic mass is 9.57. The molecule has 4 heterocycles. The lowest BCUT2D eigenvalue weighted by Crippen LogP contribution is -2.64. The van der Waals surface area contributed by atoms with Crippen molar-refractivity contribution >= 4 is 21.6 Å². The van der Waals surface area contributed by atoms with E-state index in [2.05, 4.69) is 26.1 Å². The van der Waals surface area contributed by atoms with Crippen LogP contribution in [0, 0.1) is 23.1 Å². The molecule has 1 aliphatic carbocycles. The number of aliphatic hydroxyl groups excluding tert-OH is 1. The number of amides is 1. The van der Waals surface area contributed by atoms with Crippen LogP contribution in [0.4, 0.5) is 14.9 Å². The van der Waals surface area contributed by atoms with Crippen LogP contribution in [0.1, 0.15) is 44.1 Å². The van der Waals surface area contributed by atoms with Crippen molar-refractivity contribution in [3.05, 3.63) is 59.9 Å². The Labute approximate surface area is 289 Å². The summed E-state index contributed by atoms with van der Waals surface area (Å²) in [4.78, 5) is 20.0. The molecule has 2 aromatic rings. The second kappa shape index (κ2) is 14.1. The summed E-state index contributed by atoms with van der Waals surface area (Å²) in [7, 11) is -1.96. The van der Waals surface area contributed by atoms with Crippen molar-refractivity contribution < 1.29 is 32.2 Å². The molecule has 1 saturated carbocycles. The quantitative estimate of drug-likeness (QED) is 0.343. The van der Waals surface area contributed by atoms with Crippen LogP contribution in [0.15, 0.2) is 53.4 Å². The topological polar surface area (TPSA) is 112 Å². The zero-order valence-corrected chi connectivity index (χ0v) is 29.4. The minimum Gasteiger partial charge on any atom is -0.453 e. The molecular weight excluding hydrogens is 647 g/mol. The number of hydrogen-bond acceptors (Lipinski definition) is 9. The molecule has 1 amide bonds. The lowest BCUT2D eigenvalue weighted by Gasteiger charge is -2.55. The number of piperidine rings is 1. The first-order valence-electron chi connectivity index (χ1n) is 18.0. The van der Waals surface area contributed by atoms with Gasteiger partial charge in [0.15, 0.2) is 9.84 Å². The molecule has 2 aromatic carbocycles. The van der Waals surface area contributed by atoms with Gasteiger partial charge in [0.1, 0.15) is 11.1 Å². The van der Waals surface area contributed by atoms with Crippen LogP contribution < -0.4 is 10.2 Å². The molecule has 0 spiro atoms. The Kier molecular flexibility index (Phi) is 9.97. The Hall–Kier alpha value is -2.77. The van der Waals surface area contributed by atoms with Crippen molar-refractivity contribution in [2.75, 3.05) is 84.2 Å². The summed E-state index contributed by atoms with van der Waals surface area (Å²) in [6.07, 6.45) is 5.56. The molecule has 0 aromatic heterocycles. The summed E-state index contributed by atoms with van der Waals surface area (Å²) in [6.45, 7) is 7.52. The number of carbonyl (C=O) groups excluding carboxylic acids is 1. The van der Waals surface area contributed by atoms with Crippen molar-refractivity contribution in [2.24, 2.45) is 17.3 Å². The van der Waals surface area contributed by atoms with Gasteiger partial charge in [-0.05, 0) is 112 Å². The van der Waals surface area contributed by atoms with Gasteiger partial charge >= 0.3 is 6.09 Å². The van der Waals surface area contributed by atoms with Crippen molar-refractivity contribution in [3.8, 4) is 0 Å². The van der Waals surface area contributed by atoms with Gasteiger partial charge in [-0.3, -0.25) is 0 Å². The van der Waals surface area contributed by atoms with Crippen LogP contribution in [0.2, 0.25) is 0 Å². The summed E-state index contributed by atoms with van der Waals surface area (Å²) >= 11 is 0. The Morgan fingerprint density at radius 2 is 1.76 bits per heavy atom. The van der Waals surface area contributed by atoms with Gasteiger partial charge < -0.3 is 34.6 Å². The number of carbonyl (C=O) groups is 1. The Morgan fingerprint density at radius 3 is 2.35 bits per heavy atom. The molecule has 10 nitrogen and oxygen atoms in total. The average molecular weight is 699 g/mol. The van der Waals surface area contributed by atoms with E-state index in [4.69, 9.17) is 9.47 Å². The summed E-state index contributed by atoms with van der Waals surface area (Å²) in [6, 6.07) is 14.3. The van der Waals surface area contributed by atoms with Crippen LogP contribution in [0.5, 0.6) is 0 Å². The fraction of sp³-hybridized carbons (Fsp3) is 0.649. The molecule has 3 atom stereocenters. The van der Waals surface area contributed by atoms with E-state index in [1.165, 1.54) is 19.6 Å². The van der Waals surface area contributed by atoms with Crippen LogP contribution in [0.3, 0.4) is 0 Å². The molecule has 5 aliphatic rings. The number of nitrogens with zero attached hydrogens (tertiary/aromatic N) is 3. The van der Waals surface area contributed by atoms with Crippen molar-refractivity contribution in [2.45, 2.75) is 60.1 Å². The van der Waals surface area contributed by atoms with Crippen molar-refractivity contribution in [1.29, 1.82) is 0 Å². The Bertz CT molecular complexity index is 1570. The van der Waals surface area contributed by atoms with Gasteiger partial charge in [-0.2, -0.15) is 0 Å². The van der Waals surface area contributed by atoms with E-state index in [0.29, 0.717) is 23.9 Å². The number of benzene rings is 2. The van der Waals surface area contributed by atoms with E-state index in [9.17, 15) is 22.7 Å². The largest absolute Gasteiger partial charge is 0.453 e. The number of hydrogen-bond donors (Lipinski definition) is 2. The SMILES string of the molecule is COC(=O)N[C@H]1CCC[C@@H]1[C@](CN1CCC1)(c1cccc(F)c1)C1CCN(CC2(CO)CN(c3ccc(S(=O)(=O)C4COC4)cc3)C2)CC1. The van der Waals surface area contributed by atoms with E-state index in [0.717, 1.165) is 82.6 Å². The second-order valence-corrected chi connectivity index (χ2v) is 17.5. The first kappa shape index (κ1) is 34.7. The highest BCUT2D eigenvalue weighted by Crippen LogP contribution is 2.52. The first-order chi connectivity index (χ1) is 23.7. The summed E-state index contributed by atoms with van der Waals surface area (Å²) in [5, 5.41) is 13.3. The molecule has 4 saturated heterocycles. The number of halogens is 1. The van der Waals surface area contributed by atoms with Gasteiger partial charge in [0.2, 0.25) is 0 Å². The van der Waals surface area contributed by atoms with Crippen LogP contribution in [-0.4, -0.2) is 120 Å².